The molecule has 0 unspecified atom stereocenters. The molecule has 0 spiro atoms. The Labute approximate surface area is 168 Å². The predicted octanol–water partition coefficient (Wildman–Crippen LogP) is 6.61. The molecule has 142 valence electrons. The fraction of sp³-hybridized carbons (Fsp3) is 0.632. The van der Waals surface area contributed by atoms with Gasteiger partial charge in [-0.05, 0) is 43.0 Å². The number of rotatable bonds is 9. The van der Waals surface area contributed by atoms with E-state index in [2.05, 4.69) is 17.1 Å². The summed E-state index contributed by atoms with van der Waals surface area (Å²) in [7, 11) is 0. The number of carbonyl (C=O) groups excluding carboxylic acids is 1. The zero-order valence-electron chi connectivity index (χ0n) is 15.1. The normalized spacial score (nSPS) is 20.4. The standard InChI is InChI=1S/C19H25ClN2O2S2/c1-2-3-4-5-13-6-8-14(9-7-13)18-21-22-19(24-18)26-12-16(23)17-15(20)10-11-25-17/h10-11,13-14H,2-9,12H2,1H3. The molecule has 0 aliphatic heterocycles. The van der Waals surface area contributed by atoms with Crippen molar-refractivity contribution < 1.29 is 9.21 Å². The van der Waals surface area contributed by atoms with Gasteiger partial charge in [-0.25, -0.2) is 0 Å². The minimum Gasteiger partial charge on any atom is -0.416 e. The third-order valence-electron chi connectivity index (χ3n) is 5.03. The summed E-state index contributed by atoms with van der Waals surface area (Å²) in [5.41, 5.74) is 0. The van der Waals surface area contributed by atoms with Crippen molar-refractivity contribution in [3.05, 3.63) is 27.2 Å². The van der Waals surface area contributed by atoms with Gasteiger partial charge < -0.3 is 4.42 Å². The first kappa shape index (κ1) is 19.9. The van der Waals surface area contributed by atoms with Crippen molar-refractivity contribution >= 4 is 40.5 Å². The van der Waals surface area contributed by atoms with Crippen LogP contribution in [-0.2, 0) is 0 Å². The molecule has 2 heterocycles. The van der Waals surface area contributed by atoms with Crippen LogP contribution in [0.4, 0.5) is 0 Å². The van der Waals surface area contributed by atoms with Crippen LogP contribution < -0.4 is 0 Å². The number of aromatic nitrogens is 2. The van der Waals surface area contributed by atoms with Gasteiger partial charge >= 0.3 is 0 Å². The molecular formula is C19H25ClN2O2S2. The van der Waals surface area contributed by atoms with Crippen molar-refractivity contribution in [3.8, 4) is 0 Å². The number of ketones is 1. The Morgan fingerprint density at radius 2 is 2.12 bits per heavy atom. The van der Waals surface area contributed by atoms with E-state index in [4.69, 9.17) is 16.0 Å². The maximum Gasteiger partial charge on any atom is 0.277 e. The molecular weight excluding hydrogens is 388 g/mol. The van der Waals surface area contributed by atoms with Gasteiger partial charge in [0.15, 0.2) is 5.78 Å². The van der Waals surface area contributed by atoms with E-state index < -0.39 is 0 Å². The topological polar surface area (TPSA) is 56.0 Å². The minimum atomic E-state index is 0.00216. The maximum atomic E-state index is 12.2. The molecule has 0 atom stereocenters. The number of nitrogens with zero attached hydrogens (tertiary/aromatic N) is 2. The van der Waals surface area contributed by atoms with Crippen molar-refractivity contribution in [2.45, 2.75) is 69.4 Å². The van der Waals surface area contributed by atoms with Gasteiger partial charge in [0.2, 0.25) is 5.89 Å². The van der Waals surface area contributed by atoms with Crippen LogP contribution in [-0.4, -0.2) is 21.7 Å². The zero-order valence-corrected chi connectivity index (χ0v) is 17.5. The number of unbranched alkanes of at least 4 members (excludes halogenated alkanes) is 2. The number of thiophene rings is 1. The Morgan fingerprint density at radius 3 is 2.81 bits per heavy atom. The molecule has 0 saturated heterocycles. The van der Waals surface area contributed by atoms with Gasteiger partial charge in [-0.1, -0.05) is 56.0 Å². The lowest BCUT2D eigenvalue weighted by molar-refractivity contribution is 0.102. The summed E-state index contributed by atoms with van der Waals surface area (Å²) in [5, 5.41) is 11.2. The summed E-state index contributed by atoms with van der Waals surface area (Å²) in [4.78, 5) is 12.8. The molecule has 3 rings (SSSR count). The highest BCUT2D eigenvalue weighted by atomic mass is 35.5. The lowest BCUT2D eigenvalue weighted by Crippen LogP contribution is -2.13. The van der Waals surface area contributed by atoms with E-state index in [1.165, 1.54) is 61.6 Å². The second-order valence-corrected chi connectivity index (χ2v) is 9.18. The minimum absolute atomic E-state index is 0.00216. The monoisotopic (exact) mass is 412 g/mol. The first-order valence-corrected chi connectivity index (χ1v) is 11.6. The second-order valence-electron chi connectivity index (χ2n) is 6.93. The van der Waals surface area contributed by atoms with Crippen molar-refractivity contribution in [1.29, 1.82) is 0 Å². The molecule has 1 saturated carbocycles. The Balaban J connectivity index is 1.45. The molecule has 0 bridgehead atoms. The Kier molecular flexibility index (Phi) is 7.58. The number of thioether (sulfide) groups is 1. The fourth-order valence-electron chi connectivity index (χ4n) is 3.51. The summed E-state index contributed by atoms with van der Waals surface area (Å²) in [6.07, 6.45) is 10.1. The Hall–Kier alpha value is -0.850. The number of hydrogen-bond donors (Lipinski definition) is 0. The van der Waals surface area contributed by atoms with Gasteiger partial charge in [0.1, 0.15) is 0 Å². The van der Waals surface area contributed by atoms with Crippen LogP contribution in [0.15, 0.2) is 21.1 Å². The zero-order chi connectivity index (χ0) is 18.4. The molecule has 2 aromatic heterocycles. The maximum absolute atomic E-state index is 12.2. The molecule has 1 aliphatic carbocycles. The fourth-order valence-corrected chi connectivity index (χ4v) is 5.34. The summed E-state index contributed by atoms with van der Waals surface area (Å²) in [6.45, 7) is 2.25. The van der Waals surface area contributed by atoms with Crippen LogP contribution in [0.25, 0.3) is 0 Å². The van der Waals surface area contributed by atoms with Gasteiger partial charge in [0.25, 0.3) is 5.22 Å². The smallest absolute Gasteiger partial charge is 0.277 e. The van der Waals surface area contributed by atoms with Crippen LogP contribution >= 0.6 is 34.7 Å². The van der Waals surface area contributed by atoms with Crippen molar-refractivity contribution in [2.24, 2.45) is 5.92 Å². The highest BCUT2D eigenvalue weighted by Crippen LogP contribution is 2.38. The molecule has 0 aromatic carbocycles. The average molecular weight is 413 g/mol. The van der Waals surface area contributed by atoms with E-state index in [9.17, 15) is 4.79 Å². The van der Waals surface area contributed by atoms with Gasteiger partial charge in [-0.3, -0.25) is 4.79 Å². The molecule has 0 amide bonds. The summed E-state index contributed by atoms with van der Waals surface area (Å²) < 4.78 is 5.81. The van der Waals surface area contributed by atoms with Crippen LogP contribution in [0.3, 0.4) is 0 Å². The van der Waals surface area contributed by atoms with E-state index in [0.717, 1.165) is 24.7 Å². The van der Waals surface area contributed by atoms with Crippen LogP contribution in [0.2, 0.25) is 5.02 Å². The first-order chi connectivity index (χ1) is 12.7. The highest BCUT2D eigenvalue weighted by molar-refractivity contribution is 7.99. The largest absolute Gasteiger partial charge is 0.416 e. The highest BCUT2D eigenvalue weighted by Gasteiger charge is 2.26. The Morgan fingerprint density at radius 1 is 1.31 bits per heavy atom. The van der Waals surface area contributed by atoms with E-state index in [1.807, 2.05) is 5.38 Å². The van der Waals surface area contributed by atoms with Crippen LogP contribution in [0, 0.1) is 5.92 Å². The van der Waals surface area contributed by atoms with Crippen molar-refractivity contribution in [3.63, 3.8) is 0 Å². The third kappa shape index (κ3) is 5.33. The van der Waals surface area contributed by atoms with Crippen LogP contribution in [0.1, 0.15) is 79.8 Å². The predicted molar refractivity (Wildman–Crippen MR) is 108 cm³/mol. The lowest BCUT2D eigenvalue weighted by atomic mass is 9.80. The van der Waals surface area contributed by atoms with Gasteiger partial charge in [-0.2, -0.15) is 0 Å². The average Bonchev–Trinajstić information content (AvgIpc) is 3.30. The first-order valence-electron chi connectivity index (χ1n) is 9.39. The number of Topliss-reactive ketones (excluding diaryl/α,β-unsaturated/α-hetero) is 1. The molecule has 0 radical (unpaired) electrons. The van der Waals surface area contributed by atoms with E-state index in [1.54, 1.807) is 6.07 Å². The quantitative estimate of drug-likeness (QED) is 0.263. The summed E-state index contributed by atoms with van der Waals surface area (Å²) >= 11 is 8.66. The SMILES string of the molecule is CCCCCC1CCC(c2nnc(SCC(=O)c3sccc3Cl)o2)CC1. The molecule has 1 fully saturated rings. The molecule has 26 heavy (non-hydrogen) atoms. The molecule has 7 heteroatoms. The van der Waals surface area contributed by atoms with Gasteiger partial charge in [0.05, 0.1) is 15.7 Å². The van der Waals surface area contributed by atoms with E-state index in [0.29, 0.717) is 21.0 Å². The summed E-state index contributed by atoms with van der Waals surface area (Å²) in [5.74, 6) is 2.25. The number of hydrogen-bond acceptors (Lipinski definition) is 6. The number of halogens is 1. The third-order valence-corrected chi connectivity index (χ3v) is 7.23. The van der Waals surface area contributed by atoms with Crippen molar-refractivity contribution in [1.82, 2.24) is 10.2 Å². The lowest BCUT2D eigenvalue weighted by Gasteiger charge is -2.26. The molecule has 4 nitrogen and oxygen atoms in total. The van der Waals surface area contributed by atoms with Crippen molar-refractivity contribution in [2.75, 3.05) is 5.75 Å². The van der Waals surface area contributed by atoms with Gasteiger partial charge in [0, 0.05) is 5.92 Å². The Bertz CT molecular complexity index is 708. The van der Waals surface area contributed by atoms with Gasteiger partial charge in [-0.15, -0.1) is 21.5 Å². The second kappa shape index (κ2) is 9.90. The van der Waals surface area contributed by atoms with Crippen LogP contribution in [0.5, 0.6) is 0 Å². The van der Waals surface area contributed by atoms with E-state index >= 15 is 0 Å². The molecule has 0 N–H and O–H groups in total. The summed E-state index contributed by atoms with van der Waals surface area (Å²) in [6, 6.07) is 1.74. The molecule has 1 aliphatic rings. The molecule has 2 aromatic rings. The number of carbonyl (C=O) groups is 1. The van der Waals surface area contributed by atoms with E-state index in [-0.39, 0.29) is 11.5 Å².